The van der Waals surface area contributed by atoms with Crippen molar-refractivity contribution in [1.82, 2.24) is 14.9 Å². The van der Waals surface area contributed by atoms with E-state index in [1.807, 2.05) is 6.20 Å². The summed E-state index contributed by atoms with van der Waals surface area (Å²) in [6.07, 6.45) is 8.80. The van der Waals surface area contributed by atoms with Crippen LogP contribution in [0.3, 0.4) is 0 Å². The summed E-state index contributed by atoms with van der Waals surface area (Å²) in [5.41, 5.74) is 0.250. The number of hydrogen-bond donors (Lipinski definition) is 1. The summed E-state index contributed by atoms with van der Waals surface area (Å²) in [5, 5.41) is 3.52. The topological polar surface area (TPSA) is 29.9 Å². The summed E-state index contributed by atoms with van der Waals surface area (Å²) in [6.45, 7) is 11.0. The summed E-state index contributed by atoms with van der Waals surface area (Å²) < 4.78 is 2.27. The van der Waals surface area contributed by atoms with Gasteiger partial charge in [-0.25, -0.2) is 4.98 Å². The van der Waals surface area contributed by atoms with Crippen molar-refractivity contribution in [3.8, 4) is 0 Å². The molecule has 3 heteroatoms. The highest BCUT2D eigenvalue weighted by Crippen LogP contribution is 2.04. The summed E-state index contributed by atoms with van der Waals surface area (Å²) in [6, 6.07) is 0. The average Bonchev–Trinajstić information content (AvgIpc) is 2.69. The van der Waals surface area contributed by atoms with E-state index >= 15 is 0 Å². The number of aryl methyl sites for hydroxylation is 2. The van der Waals surface area contributed by atoms with Crippen LogP contribution in [-0.2, 0) is 13.0 Å². The molecular weight excluding hydrogens is 210 g/mol. The molecule has 17 heavy (non-hydrogen) atoms. The first-order valence-electron chi connectivity index (χ1n) is 6.78. The van der Waals surface area contributed by atoms with Crippen LogP contribution >= 0.6 is 0 Å². The Bertz CT molecular complexity index is 310. The SMILES string of the molecule is CCc1nccn1CCCCCNC(C)(C)C. The molecule has 0 saturated heterocycles. The molecule has 0 atom stereocenters. The van der Waals surface area contributed by atoms with Crippen LogP contribution < -0.4 is 5.32 Å². The van der Waals surface area contributed by atoms with E-state index in [0.717, 1.165) is 19.5 Å². The Morgan fingerprint density at radius 3 is 2.65 bits per heavy atom. The van der Waals surface area contributed by atoms with E-state index in [9.17, 15) is 0 Å². The van der Waals surface area contributed by atoms with E-state index in [4.69, 9.17) is 0 Å². The molecule has 0 aliphatic rings. The fourth-order valence-electron chi connectivity index (χ4n) is 1.91. The maximum atomic E-state index is 4.33. The summed E-state index contributed by atoms with van der Waals surface area (Å²) in [4.78, 5) is 4.33. The highest BCUT2D eigenvalue weighted by Gasteiger charge is 2.07. The molecule has 1 rings (SSSR count). The van der Waals surface area contributed by atoms with Gasteiger partial charge in [0.1, 0.15) is 5.82 Å². The van der Waals surface area contributed by atoms with Crippen LogP contribution in [0.2, 0.25) is 0 Å². The lowest BCUT2D eigenvalue weighted by atomic mass is 10.1. The van der Waals surface area contributed by atoms with Crippen molar-refractivity contribution in [3.63, 3.8) is 0 Å². The monoisotopic (exact) mass is 237 g/mol. The van der Waals surface area contributed by atoms with Gasteiger partial charge in [-0.3, -0.25) is 0 Å². The number of hydrogen-bond acceptors (Lipinski definition) is 2. The minimum absolute atomic E-state index is 0.250. The predicted molar refractivity (Wildman–Crippen MR) is 73.2 cm³/mol. The van der Waals surface area contributed by atoms with Crippen molar-refractivity contribution < 1.29 is 0 Å². The molecule has 1 N–H and O–H groups in total. The Morgan fingerprint density at radius 2 is 2.00 bits per heavy atom. The second-order valence-corrected chi connectivity index (χ2v) is 5.63. The Kier molecular flexibility index (Phi) is 5.69. The van der Waals surface area contributed by atoms with E-state index < -0.39 is 0 Å². The largest absolute Gasteiger partial charge is 0.335 e. The molecule has 0 aliphatic heterocycles. The number of nitrogens with zero attached hydrogens (tertiary/aromatic N) is 2. The van der Waals surface area contributed by atoms with Gasteiger partial charge < -0.3 is 9.88 Å². The smallest absolute Gasteiger partial charge is 0.108 e. The first-order chi connectivity index (χ1) is 8.03. The number of imidazole rings is 1. The van der Waals surface area contributed by atoms with Crippen LogP contribution in [0.15, 0.2) is 12.4 Å². The van der Waals surface area contributed by atoms with Crippen LogP contribution in [0.25, 0.3) is 0 Å². The van der Waals surface area contributed by atoms with Gasteiger partial charge in [-0.1, -0.05) is 13.3 Å². The minimum Gasteiger partial charge on any atom is -0.335 e. The van der Waals surface area contributed by atoms with Gasteiger partial charge in [0.05, 0.1) is 0 Å². The lowest BCUT2D eigenvalue weighted by Crippen LogP contribution is -2.36. The summed E-state index contributed by atoms with van der Waals surface area (Å²) >= 11 is 0. The van der Waals surface area contributed by atoms with Gasteiger partial charge in [-0.15, -0.1) is 0 Å². The first-order valence-corrected chi connectivity index (χ1v) is 6.78. The van der Waals surface area contributed by atoms with Crippen molar-refractivity contribution in [2.75, 3.05) is 6.54 Å². The molecule has 0 aromatic carbocycles. The molecule has 1 aromatic heterocycles. The first kappa shape index (κ1) is 14.2. The molecule has 1 heterocycles. The Morgan fingerprint density at radius 1 is 1.24 bits per heavy atom. The van der Waals surface area contributed by atoms with E-state index in [2.05, 4.69) is 48.8 Å². The highest BCUT2D eigenvalue weighted by molar-refractivity contribution is 4.91. The fourth-order valence-corrected chi connectivity index (χ4v) is 1.91. The molecular formula is C14H27N3. The molecule has 3 nitrogen and oxygen atoms in total. The van der Waals surface area contributed by atoms with Crippen LogP contribution in [0, 0.1) is 0 Å². The van der Waals surface area contributed by atoms with Crippen LogP contribution in [0.5, 0.6) is 0 Å². The number of aromatic nitrogens is 2. The predicted octanol–water partition coefficient (Wildman–Crippen LogP) is 3.00. The quantitative estimate of drug-likeness (QED) is 0.739. The van der Waals surface area contributed by atoms with Gasteiger partial charge in [0, 0.05) is 30.9 Å². The van der Waals surface area contributed by atoms with Crippen LogP contribution in [0.4, 0.5) is 0 Å². The van der Waals surface area contributed by atoms with Gasteiger partial charge in [-0.05, 0) is 40.2 Å². The molecule has 0 aliphatic carbocycles. The molecule has 0 amide bonds. The van der Waals surface area contributed by atoms with E-state index in [1.54, 1.807) is 0 Å². The standard InChI is InChI=1S/C14H27N3/c1-5-13-15-10-12-17(13)11-8-6-7-9-16-14(2,3)4/h10,12,16H,5-9,11H2,1-4H3. The number of nitrogens with one attached hydrogen (secondary N) is 1. The fraction of sp³-hybridized carbons (Fsp3) is 0.786. The van der Waals surface area contributed by atoms with Crippen LogP contribution in [0.1, 0.15) is 52.8 Å². The van der Waals surface area contributed by atoms with Crippen molar-refractivity contribution in [2.24, 2.45) is 0 Å². The average molecular weight is 237 g/mol. The molecule has 0 bridgehead atoms. The van der Waals surface area contributed by atoms with Gasteiger partial charge in [0.25, 0.3) is 0 Å². The minimum atomic E-state index is 0.250. The normalized spacial score (nSPS) is 12.0. The summed E-state index contributed by atoms with van der Waals surface area (Å²) in [7, 11) is 0. The maximum Gasteiger partial charge on any atom is 0.108 e. The zero-order valence-electron chi connectivity index (χ0n) is 11.8. The zero-order valence-corrected chi connectivity index (χ0v) is 11.8. The maximum absolute atomic E-state index is 4.33. The van der Waals surface area contributed by atoms with E-state index in [1.165, 1.54) is 25.1 Å². The second-order valence-electron chi connectivity index (χ2n) is 5.63. The van der Waals surface area contributed by atoms with E-state index in [-0.39, 0.29) is 5.54 Å². The summed E-state index contributed by atoms with van der Waals surface area (Å²) in [5.74, 6) is 1.21. The number of unbranched alkanes of at least 4 members (excludes halogenated alkanes) is 2. The van der Waals surface area contributed by atoms with Crippen molar-refractivity contribution in [1.29, 1.82) is 0 Å². The number of rotatable bonds is 7. The lowest BCUT2D eigenvalue weighted by Gasteiger charge is -2.20. The third kappa shape index (κ3) is 5.87. The molecule has 0 spiro atoms. The van der Waals surface area contributed by atoms with Crippen molar-refractivity contribution >= 4 is 0 Å². The van der Waals surface area contributed by atoms with Crippen molar-refractivity contribution in [3.05, 3.63) is 18.2 Å². The molecule has 0 unspecified atom stereocenters. The third-order valence-corrected chi connectivity index (χ3v) is 2.85. The molecule has 0 radical (unpaired) electrons. The van der Waals surface area contributed by atoms with E-state index in [0.29, 0.717) is 0 Å². The van der Waals surface area contributed by atoms with Gasteiger partial charge >= 0.3 is 0 Å². The Hall–Kier alpha value is -0.830. The highest BCUT2D eigenvalue weighted by atomic mass is 15.1. The Labute approximate surface area is 106 Å². The third-order valence-electron chi connectivity index (χ3n) is 2.85. The zero-order chi connectivity index (χ0) is 12.7. The van der Waals surface area contributed by atoms with Crippen LogP contribution in [-0.4, -0.2) is 21.6 Å². The second kappa shape index (κ2) is 6.80. The molecule has 98 valence electrons. The van der Waals surface area contributed by atoms with Crippen molar-refractivity contribution in [2.45, 2.75) is 65.5 Å². The van der Waals surface area contributed by atoms with Gasteiger partial charge in [-0.2, -0.15) is 0 Å². The van der Waals surface area contributed by atoms with Gasteiger partial charge in [0.2, 0.25) is 0 Å². The molecule has 0 saturated carbocycles. The lowest BCUT2D eigenvalue weighted by molar-refractivity contribution is 0.414. The Balaban J connectivity index is 2.09. The van der Waals surface area contributed by atoms with Gasteiger partial charge in [0.15, 0.2) is 0 Å². The molecule has 1 aromatic rings. The molecule has 0 fully saturated rings.